The van der Waals surface area contributed by atoms with Gasteiger partial charge >= 0.3 is 0 Å². The second-order valence-electron chi connectivity index (χ2n) is 10.9. The Balaban J connectivity index is 1.53. The zero-order valence-corrected chi connectivity index (χ0v) is 25.1. The topological polar surface area (TPSA) is 82.1 Å². The molecule has 1 aliphatic rings. The van der Waals surface area contributed by atoms with Crippen LogP contribution in [0.3, 0.4) is 0 Å². The maximum Gasteiger partial charge on any atom is 0.247 e. The van der Waals surface area contributed by atoms with E-state index < -0.39 is 0 Å². The summed E-state index contributed by atoms with van der Waals surface area (Å²) in [7, 11) is 4.08. The number of aromatic amines is 1. The van der Waals surface area contributed by atoms with Gasteiger partial charge in [-0.15, -0.1) is 0 Å². The zero-order chi connectivity index (χ0) is 29.5. The van der Waals surface area contributed by atoms with Crippen molar-refractivity contribution in [2.24, 2.45) is 7.05 Å². The predicted molar refractivity (Wildman–Crippen MR) is 172 cm³/mol. The van der Waals surface area contributed by atoms with E-state index in [1.807, 2.05) is 43.9 Å². The lowest BCUT2D eigenvalue weighted by Gasteiger charge is -2.34. The number of likely N-dealkylation sites (N-methyl/N-ethyl adjacent to an activating group) is 1. The van der Waals surface area contributed by atoms with Crippen LogP contribution < -0.4 is 10.2 Å². The van der Waals surface area contributed by atoms with Gasteiger partial charge in [0.1, 0.15) is 5.65 Å². The number of nitrogens with one attached hydrogen (secondary N) is 2. The Morgan fingerprint density at radius 1 is 1.00 bits per heavy atom. The number of halogens is 1. The number of benzene rings is 2. The molecule has 5 aromatic rings. The maximum absolute atomic E-state index is 12.2. The number of anilines is 2. The molecule has 6 rings (SSSR count). The van der Waals surface area contributed by atoms with Gasteiger partial charge in [0.2, 0.25) is 5.91 Å². The number of piperazine rings is 1. The monoisotopic (exact) mass is 579 g/mol. The van der Waals surface area contributed by atoms with Gasteiger partial charge in [0.05, 0.1) is 16.9 Å². The number of amides is 1. The highest BCUT2D eigenvalue weighted by Gasteiger charge is 2.23. The number of aryl methyl sites for hydroxylation is 2. The van der Waals surface area contributed by atoms with Gasteiger partial charge in [-0.05, 0) is 61.9 Å². The lowest BCUT2D eigenvalue weighted by Crippen LogP contribution is -2.44. The van der Waals surface area contributed by atoms with Gasteiger partial charge in [-0.2, -0.15) is 5.10 Å². The van der Waals surface area contributed by atoms with E-state index in [9.17, 15) is 4.79 Å². The smallest absolute Gasteiger partial charge is 0.247 e. The number of H-pyrrole nitrogens is 1. The molecule has 1 saturated heterocycles. The molecule has 2 N–H and O–H groups in total. The molecule has 1 fully saturated rings. The Bertz CT molecular complexity index is 1810. The molecule has 1 aliphatic heterocycles. The lowest BCUT2D eigenvalue weighted by molar-refractivity contribution is -0.111. The fraction of sp³-hybridized carbons (Fsp3) is 0.242. The van der Waals surface area contributed by atoms with Gasteiger partial charge in [-0.1, -0.05) is 42.4 Å². The van der Waals surface area contributed by atoms with Crippen LogP contribution in [-0.4, -0.2) is 63.8 Å². The summed E-state index contributed by atoms with van der Waals surface area (Å²) in [5.74, 6) is -0.261. The predicted octanol–water partition coefficient (Wildman–Crippen LogP) is 6.44. The Morgan fingerprint density at radius 2 is 1.71 bits per heavy atom. The summed E-state index contributed by atoms with van der Waals surface area (Å²) < 4.78 is 1.83. The van der Waals surface area contributed by atoms with Crippen LogP contribution >= 0.6 is 11.6 Å². The molecular weight excluding hydrogens is 546 g/mol. The van der Waals surface area contributed by atoms with Crippen molar-refractivity contribution in [3.8, 4) is 33.5 Å². The normalized spacial score (nSPS) is 14.0. The minimum absolute atomic E-state index is 0.261. The highest BCUT2D eigenvalue weighted by molar-refractivity contribution is 6.39. The molecule has 0 atom stereocenters. The van der Waals surface area contributed by atoms with Crippen molar-refractivity contribution in [3.05, 3.63) is 83.8 Å². The number of hydrogen-bond acceptors (Lipinski definition) is 5. The first kappa shape index (κ1) is 27.8. The van der Waals surface area contributed by atoms with E-state index in [1.165, 1.54) is 11.8 Å². The molecular formula is C33H34ClN7O. The third-order valence-corrected chi connectivity index (χ3v) is 8.67. The number of aromatic nitrogens is 4. The molecule has 2 aromatic carbocycles. The minimum Gasteiger partial charge on any atom is -0.369 e. The van der Waals surface area contributed by atoms with Crippen LogP contribution in [0.5, 0.6) is 0 Å². The molecule has 0 unspecified atom stereocenters. The average molecular weight is 580 g/mol. The van der Waals surface area contributed by atoms with Crippen molar-refractivity contribution >= 4 is 39.9 Å². The van der Waals surface area contributed by atoms with Gasteiger partial charge in [-0.25, -0.2) is 4.98 Å². The summed E-state index contributed by atoms with van der Waals surface area (Å²) in [6.45, 7) is 11.7. The summed E-state index contributed by atoms with van der Waals surface area (Å²) in [6.07, 6.45) is 4.90. The van der Waals surface area contributed by atoms with Crippen molar-refractivity contribution in [2.45, 2.75) is 13.8 Å². The summed E-state index contributed by atoms with van der Waals surface area (Å²) >= 11 is 7.24. The van der Waals surface area contributed by atoms with E-state index in [-0.39, 0.29) is 5.91 Å². The number of fused-ring (bicyclic) bond motifs is 1. The van der Waals surface area contributed by atoms with E-state index in [1.54, 1.807) is 6.20 Å². The first-order valence-corrected chi connectivity index (χ1v) is 14.4. The molecule has 42 heavy (non-hydrogen) atoms. The number of hydrogen-bond donors (Lipinski definition) is 2. The Labute approximate surface area is 250 Å². The quantitative estimate of drug-likeness (QED) is 0.226. The third kappa shape index (κ3) is 4.97. The van der Waals surface area contributed by atoms with Gasteiger partial charge in [0.15, 0.2) is 0 Å². The standard InChI is InChI=1S/C33H34ClN7O/c1-6-28(42)37-27-17-23(8-7-20(27)2)29-30-31(34)26(25-19-36-40(5)21(25)3)18-35-33(30)38-32(29)22-9-11-24(12-10-22)41-15-13-39(4)14-16-41/h6-12,17-19H,1,13-16H2,2-5H3,(H,35,38)(H,37,42). The van der Waals surface area contributed by atoms with Crippen LogP contribution in [0.15, 0.2) is 67.5 Å². The molecule has 9 heteroatoms. The maximum atomic E-state index is 12.2. The van der Waals surface area contributed by atoms with E-state index in [4.69, 9.17) is 16.6 Å². The molecule has 0 aliphatic carbocycles. The van der Waals surface area contributed by atoms with Gasteiger partial charge < -0.3 is 20.1 Å². The van der Waals surface area contributed by atoms with Gasteiger partial charge in [-0.3, -0.25) is 9.48 Å². The van der Waals surface area contributed by atoms with Gasteiger partial charge in [0.25, 0.3) is 0 Å². The molecule has 8 nitrogen and oxygen atoms in total. The Hall–Kier alpha value is -4.40. The molecule has 1 amide bonds. The Morgan fingerprint density at radius 3 is 2.38 bits per heavy atom. The van der Waals surface area contributed by atoms with Crippen molar-refractivity contribution < 1.29 is 4.79 Å². The number of pyridine rings is 1. The van der Waals surface area contributed by atoms with Gasteiger partial charge in [0, 0.05) is 78.6 Å². The average Bonchev–Trinajstić information content (AvgIpc) is 3.55. The van der Waals surface area contributed by atoms with Crippen LogP contribution in [0, 0.1) is 13.8 Å². The van der Waals surface area contributed by atoms with Crippen LogP contribution in [0.4, 0.5) is 11.4 Å². The summed E-state index contributed by atoms with van der Waals surface area (Å²) in [5.41, 5.74) is 10.1. The summed E-state index contributed by atoms with van der Waals surface area (Å²) in [6, 6.07) is 14.7. The number of carbonyl (C=O) groups excluding carboxylic acids is 1. The van der Waals surface area contributed by atoms with Crippen LogP contribution in [0.2, 0.25) is 5.02 Å². The largest absolute Gasteiger partial charge is 0.369 e. The summed E-state index contributed by atoms with van der Waals surface area (Å²) in [4.78, 5) is 25.4. The van der Waals surface area contributed by atoms with E-state index in [0.29, 0.717) is 16.4 Å². The van der Waals surface area contributed by atoms with Crippen LogP contribution in [-0.2, 0) is 11.8 Å². The lowest BCUT2D eigenvalue weighted by atomic mass is 9.96. The van der Waals surface area contributed by atoms with Crippen molar-refractivity contribution in [2.75, 3.05) is 43.4 Å². The van der Waals surface area contributed by atoms with E-state index in [2.05, 4.69) is 69.2 Å². The highest BCUT2D eigenvalue weighted by Crippen LogP contribution is 2.45. The van der Waals surface area contributed by atoms with Crippen molar-refractivity contribution in [3.63, 3.8) is 0 Å². The van der Waals surface area contributed by atoms with Crippen molar-refractivity contribution in [1.82, 2.24) is 24.6 Å². The Kier molecular flexibility index (Phi) is 7.35. The number of carbonyl (C=O) groups is 1. The molecule has 214 valence electrons. The fourth-order valence-corrected chi connectivity index (χ4v) is 5.91. The van der Waals surface area contributed by atoms with Crippen LogP contribution in [0.1, 0.15) is 11.3 Å². The van der Waals surface area contributed by atoms with Crippen LogP contribution in [0.25, 0.3) is 44.5 Å². The van der Waals surface area contributed by atoms with E-state index >= 15 is 0 Å². The molecule has 0 spiro atoms. The first-order valence-electron chi connectivity index (χ1n) is 14.0. The first-order chi connectivity index (χ1) is 20.2. The zero-order valence-electron chi connectivity index (χ0n) is 24.3. The van der Waals surface area contributed by atoms with Crippen molar-refractivity contribution in [1.29, 1.82) is 0 Å². The summed E-state index contributed by atoms with van der Waals surface area (Å²) in [5, 5.41) is 8.78. The second kappa shape index (κ2) is 11.1. The molecule has 0 radical (unpaired) electrons. The molecule has 0 saturated carbocycles. The SMILES string of the molecule is C=CC(=O)Nc1cc(-c2c(-c3ccc(N4CCN(C)CC4)cc3)[nH]c3ncc(-c4cnn(C)c4C)c(Cl)c23)ccc1C. The van der Waals surface area contributed by atoms with E-state index in [0.717, 1.165) is 76.3 Å². The minimum atomic E-state index is -0.261. The molecule has 4 heterocycles. The second-order valence-corrected chi connectivity index (χ2v) is 11.3. The molecule has 0 bridgehead atoms. The highest BCUT2D eigenvalue weighted by atomic mass is 35.5. The third-order valence-electron chi connectivity index (χ3n) is 8.28. The number of rotatable bonds is 6. The molecule has 3 aromatic heterocycles. The number of nitrogens with zero attached hydrogens (tertiary/aromatic N) is 5. The fourth-order valence-electron chi connectivity index (χ4n) is 5.57.